The van der Waals surface area contributed by atoms with Crippen molar-refractivity contribution in [2.45, 2.75) is 6.42 Å². The molecule has 1 N–H and O–H groups in total. The number of pyridine rings is 1. The number of imidazole rings is 1. The first kappa shape index (κ1) is 16.6. The Morgan fingerprint density at radius 2 is 1.78 bits per heavy atom. The van der Waals surface area contributed by atoms with Crippen LogP contribution in [-0.2, 0) is 4.79 Å². The number of nitrogens with one attached hydrogen (secondary N) is 1. The van der Waals surface area contributed by atoms with E-state index in [1.807, 2.05) is 0 Å². The molecule has 0 spiro atoms. The van der Waals surface area contributed by atoms with Gasteiger partial charge in [0, 0.05) is 25.4 Å². The molecule has 3 amide bonds. The molecule has 1 aromatic carbocycles. The minimum Gasteiger partial charge on any atom is -0.325 e. The van der Waals surface area contributed by atoms with Crippen LogP contribution in [0.2, 0.25) is 0 Å². The van der Waals surface area contributed by atoms with Gasteiger partial charge in [0.25, 0.3) is 11.8 Å². The first-order chi connectivity index (χ1) is 13.1. The molecular formula is C19H15N5O3. The van der Waals surface area contributed by atoms with E-state index in [1.54, 1.807) is 59.7 Å². The summed E-state index contributed by atoms with van der Waals surface area (Å²) in [4.78, 5) is 46.0. The number of carbonyl (C=O) groups excluding carboxylic acids is 3. The molecule has 3 aromatic rings. The molecule has 1 aliphatic heterocycles. The average Bonchev–Trinajstić information content (AvgIpc) is 3.30. The molecule has 0 saturated heterocycles. The van der Waals surface area contributed by atoms with Gasteiger partial charge in [0.2, 0.25) is 5.91 Å². The second kappa shape index (κ2) is 6.83. The zero-order chi connectivity index (χ0) is 18.8. The maximum absolute atomic E-state index is 12.3. The smallest absolute Gasteiger partial charge is 0.261 e. The number of rotatable bonds is 5. The fourth-order valence-electron chi connectivity index (χ4n) is 2.89. The van der Waals surface area contributed by atoms with Gasteiger partial charge in [-0.15, -0.1) is 0 Å². The van der Waals surface area contributed by atoms with Crippen molar-refractivity contribution in [3.8, 4) is 5.82 Å². The van der Waals surface area contributed by atoms with Crippen molar-refractivity contribution >= 4 is 23.4 Å². The van der Waals surface area contributed by atoms with E-state index in [4.69, 9.17) is 0 Å². The van der Waals surface area contributed by atoms with Crippen molar-refractivity contribution in [3.05, 3.63) is 72.4 Å². The number of fused-ring (bicyclic) bond motifs is 1. The standard InChI is InChI=1S/C19H15N5O3/c25-17(22-13-5-6-16(21-11-13)23-10-8-20-12-23)7-9-24-18(26)14-3-1-2-4-15(14)19(24)27/h1-6,8,10-12H,7,9H2,(H,22,25). The first-order valence-electron chi connectivity index (χ1n) is 8.33. The Morgan fingerprint density at radius 1 is 1.04 bits per heavy atom. The lowest BCUT2D eigenvalue weighted by Crippen LogP contribution is -2.32. The van der Waals surface area contributed by atoms with E-state index in [1.165, 1.54) is 6.20 Å². The predicted molar refractivity (Wildman–Crippen MR) is 96.4 cm³/mol. The maximum Gasteiger partial charge on any atom is 0.261 e. The third-order valence-corrected chi connectivity index (χ3v) is 4.24. The van der Waals surface area contributed by atoms with Gasteiger partial charge < -0.3 is 5.32 Å². The van der Waals surface area contributed by atoms with Crippen LogP contribution >= 0.6 is 0 Å². The van der Waals surface area contributed by atoms with Crippen LogP contribution in [0, 0.1) is 0 Å². The van der Waals surface area contributed by atoms with E-state index in [-0.39, 0.29) is 30.7 Å². The van der Waals surface area contributed by atoms with Gasteiger partial charge in [0.05, 0.1) is 23.0 Å². The molecule has 0 atom stereocenters. The topological polar surface area (TPSA) is 97.2 Å². The van der Waals surface area contributed by atoms with Crippen LogP contribution in [0.25, 0.3) is 5.82 Å². The first-order valence-corrected chi connectivity index (χ1v) is 8.33. The average molecular weight is 361 g/mol. The minimum absolute atomic E-state index is 0.00867. The Morgan fingerprint density at radius 3 is 2.37 bits per heavy atom. The van der Waals surface area contributed by atoms with Crippen LogP contribution in [0.3, 0.4) is 0 Å². The Bertz CT molecular complexity index is 977. The summed E-state index contributed by atoms with van der Waals surface area (Å²) in [5.74, 6) is -0.357. The second-order valence-corrected chi connectivity index (χ2v) is 5.98. The highest BCUT2D eigenvalue weighted by atomic mass is 16.2. The lowest BCUT2D eigenvalue weighted by Gasteiger charge is -2.13. The zero-order valence-corrected chi connectivity index (χ0v) is 14.2. The monoisotopic (exact) mass is 361 g/mol. The number of nitrogens with zero attached hydrogens (tertiary/aromatic N) is 4. The lowest BCUT2D eigenvalue weighted by atomic mass is 10.1. The van der Waals surface area contributed by atoms with E-state index >= 15 is 0 Å². The predicted octanol–water partition coefficient (Wildman–Crippen LogP) is 1.89. The van der Waals surface area contributed by atoms with Crippen molar-refractivity contribution in [1.82, 2.24) is 19.4 Å². The molecule has 4 rings (SSSR count). The largest absolute Gasteiger partial charge is 0.325 e. The molecule has 3 heterocycles. The van der Waals surface area contributed by atoms with Gasteiger partial charge in [0.1, 0.15) is 12.1 Å². The van der Waals surface area contributed by atoms with Gasteiger partial charge in [-0.1, -0.05) is 12.1 Å². The summed E-state index contributed by atoms with van der Waals surface area (Å²) in [6, 6.07) is 10.1. The summed E-state index contributed by atoms with van der Waals surface area (Å²) in [5.41, 5.74) is 1.29. The summed E-state index contributed by atoms with van der Waals surface area (Å²) >= 11 is 0. The quantitative estimate of drug-likeness (QED) is 0.700. The van der Waals surface area contributed by atoms with Gasteiger partial charge in [0.15, 0.2) is 0 Å². The summed E-state index contributed by atoms with van der Waals surface area (Å²) in [7, 11) is 0. The van der Waals surface area contributed by atoms with Gasteiger partial charge in [-0.05, 0) is 24.3 Å². The highest BCUT2D eigenvalue weighted by Gasteiger charge is 2.34. The van der Waals surface area contributed by atoms with Crippen LogP contribution in [0.1, 0.15) is 27.1 Å². The maximum atomic E-state index is 12.3. The molecule has 27 heavy (non-hydrogen) atoms. The van der Waals surface area contributed by atoms with E-state index in [9.17, 15) is 14.4 Å². The molecule has 1 aliphatic rings. The molecule has 0 saturated carbocycles. The Hall–Kier alpha value is -3.81. The van der Waals surface area contributed by atoms with Crippen LogP contribution < -0.4 is 5.32 Å². The minimum atomic E-state index is -0.366. The van der Waals surface area contributed by atoms with Gasteiger partial charge in [-0.25, -0.2) is 9.97 Å². The Balaban J connectivity index is 1.35. The van der Waals surface area contributed by atoms with Crippen molar-refractivity contribution in [2.75, 3.05) is 11.9 Å². The number of amides is 3. The normalized spacial score (nSPS) is 13.0. The fourth-order valence-corrected chi connectivity index (χ4v) is 2.89. The van der Waals surface area contributed by atoms with E-state index in [0.717, 1.165) is 4.90 Å². The molecular weight excluding hydrogens is 346 g/mol. The molecule has 8 heteroatoms. The molecule has 0 fully saturated rings. The molecule has 8 nitrogen and oxygen atoms in total. The van der Waals surface area contributed by atoms with Crippen LogP contribution in [-0.4, -0.2) is 43.7 Å². The number of anilines is 1. The highest BCUT2D eigenvalue weighted by Crippen LogP contribution is 2.22. The summed E-state index contributed by atoms with van der Waals surface area (Å²) < 4.78 is 1.74. The summed E-state index contributed by atoms with van der Waals surface area (Å²) in [6.45, 7) is 0.0265. The van der Waals surface area contributed by atoms with Crippen LogP contribution in [0.4, 0.5) is 5.69 Å². The molecule has 0 aliphatic carbocycles. The number of aromatic nitrogens is 3. The van der Waals surface area contributed by atoms with Crippen LogP contribution in [0.5, 0.6) is 0 Å². The third kappa shape index (κ3) is 3.20. The zero-order valence-electron chi connectivity index (χ0n) is 14.2. The highest BCUT2D eigenvalue weighted by molar-refractivity contribution is 6.21. The molecule has 0 bridgehead atoms. The number of benzene rings is 1. The SMILES string of the molecule is O=C(CCN1C(=O)c2ccccc2C1=O)Nc1ccc(-n2ccnc2)nc1. The van der Waals surface area contributed by atoms with Crippen LogP contribution in [0.15, 0.2) is 61.3 Å². The number of imide groups is 1. The number of hydrogen-bond donors (Lipinski definition) is 1. The van der Waals surface area contributed by atoms with Crippen molar-refractivity contribution in [3.63, 3.8) is 0 Å². The van der Waals surface area contributed by atoms with Crippen molar-refractivity contribution in [1.29, 1.82) is 0 Å². The number of hydrogen-bond acceptors (Lipinski definition) is 5. The third-order valence-electron chi connectivity index (χ3n) is 4.24. The van der Waals surface area contributed by atoms with Crippen molar-refractivity contribution < 1.29 is 14.4 Å². The molecule has 2 aromatic heterocycles. The fraction of sp³-hybridized carbons (Fsp3) is 0.105. The molecule has 0 radical (unpaired) electrons. The summed E-state index contributed by atoms with van der Waals surface area (Å²) in [6.07, 6.45) is 6.59. The van der Waals surface area contributed by atoms with Gasteiger partial charge in [-0.2, -0.15) is 0 Å². The van der Waals surface area contributed by atoms with Gasteiger partial charge >= 0.3 is 0 Å². The van der Waals surface area contributed by atoms with E-state index in [0.29, 0.717) is 22.6 Å². The van der Waals surface area contributed by atoms with E-state index in [2.05, 4.69) is 15.3 Å². The van der Waals surface area contributed by atoms with Gasteiger partial charge in [-0.3, -0.25) is 23.9 Å². The Kier molecular flexibility index (Phi) is 4.21. The number of carbonyl (C=O) groups is 3. The molecule has 134 valence electrons. The van der Waals surface area contributed by atoms with Crippen molar-refractivity contribution in [2.24, 2.45) is 0 Å². The Labute approximate surface area is 154 Å². The van der Waals surface area contributed by atoms with E-state index < -0.39 is 0 Å². The second-order valence-electron chi connectivity index (χ2n) is 5.98. The molecule has 0 unspecified atom stereocenters. The lowest BCUT2D eigenvalue weighted by molar-refractivity contribution is -0.116. The summed E-state index contributed by atoms with van der Waals surface area (Å²) in [5, 5.41) is 2.71.